The highest BCUT2D eigenvalue weighted by molar-refractivity contribution is 6.33. The number of halogens is 1. The van der Waals surface area contributed by atoms with Gasteiger partial charge in [-0.05, 0) is 25.0 Å². The van der Waals surface area contributed by atoms with E-state index < -0.39 is 0 Å². The van der Waals surface area contributed by atoms with Crippen LogP contribution in [0.15, 0.2) is 30.6 Å². The van der Waals surface area contributed by atoms with E-state index >= 15 is 0 Å². The number of piperidine rings is 1. The Balaban J connectivity index is 1.48. The summed E-state index contributed by atoms with van der Waals surface area (Å²) < 4.78 is 5.43. The van der Waals surface area contributed by atoms with Crippen LogP contribution in [0.1, 0.15) is 18.4 Å². The maximum Gasteiger partial charge on any atom is 0.134 e. The molecule has 2 aliphatic rings. The van der Waals surface area contributed by atoms with Crippen molar-refractivity contribution in [3.8, 4) is 6.07 Å². The van der Waals surface area contributed by atoms with Crippen LogP contribution >= 0.6 is 11.6 Å². The highest BCUT2D eigenvalue weighted by Crippen LogP contribution is 2.29. The van der Waals surface area contributed by atoms with Crippen molar-refractivity contribution in [2.24, 2.45) is 0 Å². The van der Waals surface area contributed by atoms with Crippen molar-refractivity contribution >= 4 is 28.9 Å². The van der Waals surface area contributed by atoms with Gasteiger partial charge in [0.1, 0.15) is 24.0 Å². The lowest BCUT2D eigenvalue weighted by atomic mass is 10.0. The van der Waals surface area contributed by atoms with E-state index in [-0.39, 0.29) is 6.04 Å². The molecule has 8 heteroatoms. The molecular formula is C20H23ClN6O. The first-order chi connectivity index (χ1) is 13.7. The number of aromatic nitrogens is 2. The molecular weight excluding hydrogens is 376 g/mol. The lowest BCUT2D eigenvalue weighted by Crippen LogP contribution is -2.43. The molecule has 1 aromatic heterocycles. The Hall–Kier alpha value is -2.56. The van der Waals surface area contributed by atoms with Gasteiger partial charge in [-0.15, -0.1) is 0 Å². The van der Waals surface area contributed by atoms with Crippen molar-refractivity contribution in [3.05, 3.63) is 41.2 Å². The molecule has 1 unspecified atom stereocenters. The normalized spacial score (nSPS) is 19.9. The summed E-state index contributed by atoms with van der Waals surface area (Å²) in [4.78, 5) is 13.5. The van der Waals surface area contributed by atoms with Gasteiger partial charge in [-0.25, -0.2) is 9.97 Å². The van der Waals surface area contributed by atoms with Crippen molar-refractivity contribution < 1.29 is 4.74 Å². The maximum absolute atomic E-state index is 9.37. The van der Waals surface area contributed by atoms with E-state index in [0.29, 0.717) is 10.6 Å². The molecule has 0 amide bonds. The van der Waals surface area contributed by atoms with Gasteiger partial charge in [-0.3, -0.25) is 0 Å². The molecule has 4 rings (SSSR count). The Morgan fingerprint density at radius 2 is 1.93 bits per heavy atom. The Morgan fingerprint density at radius 1 is 1.14 bits per heavy atom. The molecule has 1 atom stereocenters. The molecule has 1 aromatic carbocycles. The second-order valence-electron chi connectivity index (χ2n) is 7.04. The molecule has 0 saturated carbocycles. The van der Waals surface area contributed by atoms with Gasteiger partial charge in [-0.1, -0.05) is 17.7 Å². The standard InChI is InChI=1S/C20H23ClN6O/c21-17-5-1-3-15(12-22)20(17)25-16-4-2-6-27(13-16)19-11-18(23-14-24-19)26-7-9-28-10-8-26/h1,3,5,11,14,16,25H,2,4,6-10,13H2. The van der Waals surface area contributed by atoms with E-state index in [2.05, 4.69) is 37.2 Å². The first-order valence-corrected chi connectivity index (χ1v) is 9.97. The monoisotopic (exact) mass is 398 g/mol. The van der Waals surface area contributed by atoms with Crippen LogP contribution in [-0.2, 0) is 4.74 Å². The molecule has 28 heavy (non-hydrogen) atoms. The van der Waals surface area contributed by atoms with Crippen molar-refractivity contribution in [1.82, 2.24) is 9.97 Å². The molecule has 0 bridgehead atoms. The zero-order valence-electron chi connectivity index (χ0n) is 15.6. The van der Waals surface area contributed by atoms with Crippen LogP contribution in [0, 0.1) is 11.3 Å². The van der Waals surface area contributed by atoms with Crippen molar-refractivity contribution in [2.45, 2.75) is 18.9 Å². The van der Waals surface area contributed by atoms with Crippen LogP contribution in [0.2, 0.25) is 5.02 Å². The van der Waals surface area contributed by atoms with Gasteiger partial charge in [0.2, 0.25) is 0 Å². The minimum Gasteiger partial charge on any atom is -0.378 e. The maximum atomic E-state index is 9.37. The summed E-state index contributed by atoms with van der Waals surface area (Å²) in [6.07, 6.45) is 3.70. The molecule has 2 aliphatic heterocycles. The predicted molar refractivity (Wildman–Crippen MR) is 110 cm³/mol. The molecule has 1 N–H and O–H groups in total. The summed E-state index contributed by atoms with van der Waals surface area (Å²) in [5.74, 6) is 1.88. The lowest BCUT2D eigenvalue weighted by molar-refractivity contribution is 0.122. The number of anilines is 3. The summed E-state index contributed by atoms with van der Waals surface area (Å²) in [6.45, 7) is 4.91. The quantitative estimate of drug-likeness (QED) is 0.848. The second kappa shape index (κ2) is 8.63. The van der Waals surface area contributed by atoms with Gasteiger partial charge in [0, 0.05) is 38.3 Å². The van der Waals surface area contributed by atoms with Gasteiger partial charge in [0.05, 0.1) is 29.5 Å². The van der Waals surface area contributed by atoms with Crippen molar-refractivity contribution in [3.63, 3.8) is 0 Å². The number of morpholine rings is 1. The Labute approximate surface area is 169 Å². The largest absolute Gasteiger partial charge is 0.378 e. The molecule has 3 heterocycles. The number of ether oxygens (including phenoxy) is 1. The topological polar surface area (TPSA) is 77.3 Å². The number of hydrogen-bond donors (Lipinski definition) is 1. The average Bonchev–Trinajstić information content (AvgIpc) is 2.76. The fraction of sp³-hybridized carbons (Fsp3) is 0.450. The molecule has 146 valence electrons. The van der Waals surface area contributed by atoms with Crippen LogP contribution in [0.5, 0.6) is 0 Å². The summed E-state index contributed by atoms with van der Waals surface area (Å²) in [5, 5.41) is 13.4. The van der Waals surface area contributed by atoms with Gasteiger partial charge in [0.25, 0.3) is 0 Å². The van der Waals surface area contributed by atoms with E-state index in [4.69, 9.17) is 16.3 Å². The highest BCUT2D eigenvalue weighted by atomic mass is 35.5. The van der Waals surface area contributed by atoms with Crippen LogP contribution in [0.25, 0.3) is 0 Å². The number of para-hydroxylation sites is 1. The van der Waals surface area contributed by atoms with Crippen LogP contribution < -0.4 is 15.1 Å². The number of nitrogens with zero attached hydrogens (tertiary/aromatic N) is 5. The number of nitriles is 1. The summed E-state index contributed by atoms with van der Waals surface area (Å²) >= 11 is 6.32. The van der Waals surface area contributed by atoms with Crippen LogP contribution in [0.4, 0.5) is 17.3 Å². The molecule has 7 nitrogen and oxygen atoms in total. The minimum absolute atomic E-state index is 0.197. The number of nitrogens with one attached hydrogen (secondary N) is 1. The van der Waals surface area contributed by atoms with E-state index in [9.17, 15) is 5.26 Å². The summed E-state index contributed by atoms with van der Waals surface area (Å²) in [5.41, 5.74) is 1.29. The SMILES string of the molecule is N#Cc1cccc(Cl)c1NC1CCCN(c2cc(N3CCOCC3)ncn2)C1. The molecule has 2 saturated heterocycles. The number of rotatable bonds is 4. The first kappa shape index (κ1) is 18.8. The van der Waals surface area contributed by atoms with Crippen LogP contribution in [-0.4, -0.2) is 55.4 Å². The number of benzene rings is 1. The Kier molecular flexibility index (Phi) is 5.79. The Morgan fingerprint density at radius 3 is 2.71 bits per heavy atom. The third kappa shape index (κ3) is 4.13. The molecule has 2 aromatic rings. The van der Waals surface area contributed by atoms with E-state index in [1.54, 1.807) is 18.5 Å². The number of hydrogen-bond acceptors (Lipinski definition) is 7. The van der Waals surface area contributed by atoms with Crippen molar-refractivity contribution in [2.75, 3.05) is 54.5 Å². The molecule has 0 radical (unpaired) electrons. The zero-order valence-corrected chi connectivity index (χ0v) is 16.4. The van der Waals surface area contributed by atoms with Crippen LogP contribution in [0.3, 0.4) is 0 Å². The minimum atomic E-state index is 0.197. The summed E-state index contributed by atoms with van der Waals surface area (Å²) in [7, 11) is 0. The van der Waals surface area contributed by atoms with Gasteiger partial charge in [0.15, 0.2) is 0 Å². The van der Waals surface area contributed by atoms with Gasteiger partial charge < -0.3 is 19.9 Å². The van der Waals surface area contributed by atoms with Crippen molar-refractivity contribution in [1.29, 1.82) is 5.26 Å². The summed E-state index contributed by atoms with van der Waals surface area (Å²) in [6, 6.07) is 9.87. The average molecular weight is 399 g/mol. The van der Waals surface area contributed by atoms with E-state index in [1.807, 2.05) is 6.07 Å². The Bertz CT molecular complexity index is 864. The predicted octanol–water partition coefficient (Wildman–Crippen LogP) is 2.92. The fourth-order valence-corrected chi connectivity index (χ4v) is 3.98. The molecule has 0 aliphatic carbocycles. The third-order valence-corrected chi connectivity index (χ3v) is 5.52. The highest BCUT2D eigenvalue weighted by Gasteiger charge is 2.23. The molecule has 2 fully saturated rings. The first-order valence-electron chi connectivity index (χ1n) is 9.59. The van der Waals surface area contributed by atoms with Gasteiger partial charge in [-0.2, -0.15) is 5.26 Å². The smallest absolute Gasteiger partial charge is 0.134 e. The van der Waals surface area contributed by atoms with E-state index in [0.717, 1.165) is 69.6 Å². The lowest BCUT2D eigenvalue weighted by Gasteiger charge is -2.35. The fourth-order valence-electron chi connectivity index (χ4n) is 3.75. The molecule has 0 spiro atoms. The second-order valence-corrected chi connectivity index (χ2v) is 7.44. The van der Waals surface area contributed by atoms with Gasteiger partial charge >= 0.3 is 0 Å². The van der Waals surface area contributed by atoms with E-state index in [1.165, 1.54) is 0 Å². The zero-order chi connectivity index (χ0) is 19.3. The third-order valence-electron chi connectivity index (χ3n) is 5.20.